The number of benzene rings is 1. The molecule has 0 fully saturated rings. The summed E-state index contributed by atoms with van der Waals surface area (Å²) in [6.07, 6.45) is 1.24. The minimum absolute atomic E-state index is 0.388. The molecule has 1 aliphatic rings. The van der Waals surface area contributed by atoms with Crippen LogP contribution in [0.1, 0.15) is 31.9 Å². The van der Waals surface area contributed by atoms with Crippen LogP contribution in [-0.2, 0) is 16.0 Å². The minimum Gasteiger partial charge on any atom is -0.444 e. The Bertz CT molecular complexity index is 569. The molecule has 118 valence electrons. The second-order valence-electron chi connectivity index (χ2n) is 6.05. The third-order valence-electron chi connectivity index (χ3n) is 3.01. The van der Waals surface area contributed by atoms with Crippen molar-refractivity contribution >= 4 is 24.9 Å². The van der Waals surface area contributed by atoms with Crippen LogP contribution in [0.5, 0.6) is 0 Å². The van der Waals surface area contributed by atoms with E-state index in [9.17, 15) is 9.82 Å². The molecule has 1 amide bonds. The molecule has 6 nitrogen and oxygen atoms in total. The van der Waals surface area contributed by atoms with Crippen LogP contribution in [0.15, 0.2) is 23.2 Å². The predicted octanol–water partition coefficient (Wildman–Crippen LogP) is 0.848. The lowest BCUT2D eigenvalue weighted by atomic mass is 9.76. The van der Waals surface area contributed by atoms with Gasteiger partial charge in [-0.2, -0.15) is 0 Å². The zero-order valence-corrected chi connectivity index (χ0v) is 13.1. The van der Waals surface area contributed by atoms with Crippen molar-refractivity contribution in [3.63, 3.8) is 0 Å². The Balaban J connectivity index is 1.82. The maximum Gasteiger partial charge on any atom is 0.492 e. The van der Waals surface area contributed by atoms with Crippen LogP contribution in [0.3, 0.4) is 0 Å². The zero-order chi connectivity index (χ0) is 16.2. The molecule has 2 N–H and O–H groups in total. The normalized spacial score (nSPS) is 14.3. The van der Waals surface area contributed by atoms with Crippen LogP contribution in [0.4, 0.5) is 4.79 Å². The Hall–Kier alpha value is -1.86. The van der Waals surface area contributed by atoms with E-state index in [0.717, 1.165) is 16.6 Å². The van der Waals surface area contributed by atoms with Gasteiger partial charge in [-0.05, 0) is 37.4 Å². The number of hydrogen-bond acceptors (Lipinski definition) is 5. The summed E-state index contributed by atoms with van der Waals surface area (Å²) in [7, 11) is -0.891. The fraction of sp³-hybridized carbons (Fsp3) is 0.467. The van der Waals surface area contributed by atoms with Crippen LogP contribution >= 0.6 is 0 Å². The van der Waals surface area contributed by atoms with E-state index in [0.29, 0.717) is 19.7 Å². The first kappa shape index (κ1) is 16.5. The molecule has 1 heterocycles. The highest BCUT2D eigenvalue weighted by atomic mass is 16.6. The number of aliphatic imine (C=N–C) groups is 1. The lowest BCUT2D eigenvalue weighted by Gasteiger charge is -2.19. The van der Waals surface area contributed by atoms with E-state index in [1.54, 1.807) is 6.21 Å². The smallest absolute Gasteiger partial charge is 0.444 e. The van der Waals surface area contributed by atoms with Gasteiger partial charge in [-0.15, -0.1) is 0 Å². The highest BCUT2D eigenvalue weighted by Crippen LogP contribution is 2.11. The van der Waals surface area contributed by atoms with E-state index < -0.39 is 18.8 Å². The van der Waals surface area contributed by atoms with E-state index >= 15 is 0 Å². The van der Waals surface area contributed by atoms with Crippen molar-refractivity contribution in [2.75, 3.05) is 13.1 Å². The largest absolute Gasteiger partial charge is 0.492 e. The second-order valence-corrected chi connectivity index (χ2v) is 6.05. The van der Waals surface area contributed by atoms with Crippen LogP contribution < -0.4 is 10.8 Å². The molecule has 1 aromatic rings. The monoisotopic (exact) mass is 304 g/mol. The van der Waals surface area contributed by atoms with Gasteiger partial charge in [0.2, 0.25) is 0 Å². The summed E-state index contributed by atoms with van der Waals surface area (Å²) < 4.78 is 10.3. The van der Waals surface area contributed by atoms with E-state index in [1.165, 1.54) is 0 Å². The molecule has 1 aliphatic heterocycles. The summed E-state index contributed by atoms with van der Waals surface area (Å²) in [5, 5.41) is 12.4. The molecule has 0 aliphatic carbocycles. The fourth-order valence-electron chi connectivity index (χ4n) is 2.12. The minimum atomic E-state index is -0.891. The Morgan fingerprint density at radius 3 is 3.05 bits per heavy atom. The van der Waals surface area contributed by atoms with Crippen molar-refractivity contribution < 1.29 is 19.2 Å². The van der Waals surface area contributed by atoms with Gasteiger partial charge in [0, 0.05) is 12.8 Å². The first-order valence-corrected chi connectivity index (χ1v) is 7.25. The molecular formula is C15H21BN2O4. The van der Waals surface area contributed by atoms with Gasteiger partial charge in [0.05, 0.1) is 13.2 Å². The standard InChI is InChI=1S/C15H21BN2O4/c1-15(2,3)22-14(19)18-8-7-17-9-11-5-4-6-12-10-21-16(20)13(11)12/h4-6,9,20H,7-8,10H2,1-3H3,(H,18,19)/b17-9+. The number of alkyl carbamates (subject to hydrolysis) is 1. The van der Waals surface area contributed by atoms with Gasteiger partial charge in [0.15, 0.2) is 0 Å². The molecule has 0 radical (unpaired) electrons. The second kappa shape index (κ2) is 6.94. The summed E-state index contributed by atoms with van der Waals surface area (Å²) in [5.74, 6) is 0. The van der Waals surface area contributed by atoms with Gasteiger partial charge in [-0.3, -0.25) is 4.99 Å². The molecule has 0 aromatic heterocycles. The number of rotatable bonds is 4. The third-order valence-corrected chi connectivity index (χ3v) is 3.01. The maximum absolute atomic E-state index is 11.5. The number of nitrogens with one attached hydrogen (secondary N) is 1. The first-order chi connectivity index (χ1) is 10.4. The van der Waals surface area contributed by atoms with Crippen molar-refractivity contribution in [3.05, 3.63) is 29.3 Å². The van der Waals surface area contributed by atoms with Gasteiger partial charge >= 0.3 is 13.2 Å². The molecule has 0 spiro atoms. The van der Waals surface area contributed by atoms with Crippen LogP contribution in [0, 0.1) is 0 Å². The Morgan fingerprint density at radius 2 is 2.32 bits per heavy atom. The van der Waals surface area contributed by atoms with Crippen molar-refractivity contribution in [2.24, 2.45) is 4.99 Å². The number of ether oxygens (including phenoxy) is 1. The lowest BCUT2D eigenvalue weighted by molar-refractivity contribution is 0.0529. The highest BCUT2D eigenvalue weighted by molar-refractivity contribution is 6.63. The predicted molar refractivity (Wildman–Crippen MR) is 85.5 cm³/mol. The molecule has 7 heteroatoms. The SMILES string of the molecule is CC(C)(C)OC(=O)NCC/N=C/c1cccc2c1B(O)OC2. The number of carbonyl (C=O) groups is 1. The van der Waals surface area contributed by atoms with E-state index in [1.807, 2.05) is 39.0 Å². The molecule has 0 atom stereocenters. The Kier molecular flexibility index (Phi) is 5.21. The van der Waals surface area contributed by atoms with E-state index in [-0.39, 0.29) is 0 Å². The van der Waals surface area contributed by atoms with Crippen molar-refractivity contribution in [3.8, 4) is 0 Å². The number of carbonyl (C=O) groups excluding carboxylic acids is 1. The molecule has 1 aromatic carbocycles. The molecule has 2 rings (SSSR count). The van der Waals surface area contributed by atoms with Crippen LogP contribution in [0.2, 0.25) is 0 Å². The molecular weight excluding hydrogens is 283 g/mol. The maximum atomic E-state index is 11.5. The van der Waals surface area contributed by atoms with Crippen molar-refractivity contribution in [1.82, 2.24) is 5.32 Å². The van der Waals surface area contributed by atoms with E-state index in [4.69, 9.17) is 9.39 Å². The molecule has 0 saturated heterocycles. The summed E-state index contributed by atoms with van der Waals surface area (Å²) in [5.41, 5.74) is 2.07. The van der Waals surface area contributed by atoms with Crippen molar-refractivity contribution in [1.29, 1.82) is 0 Å². The molecule has 0 saturated carbocycles. The molecule has 0 unspecified atom stereocenters. The Labute approximate surface area is 130 Å². The molecule has 22 heavy (non-hydrogen) atoms. The summed E-state index contributed by atoms with van der Waals surface area (Å²) >= 11 is 0. The fourth-order valence-corrected chi connectivity index (χ4v) is 2.12. The van der Waals surface area contributed by atoms with Gasteiger partial charge < -0.3 is 19.7 Å². The zero-order valence-electron chi connectivity index (χ0n) is 13.1. The summed E-state index contributed by atoms with van der Waals surface area (Å²) in [4.78, 5) is 15.7. The topological polar surface area (TPSA) is 80.2 Å². The number of nitrogens with zero attached hydrogens (tertiary/aromatic N) is 1. The Morgan fingerprint density at radius 1 is 1.55 bits per heavy atom. The van der Waals surface area contributed by atoms with E-state index in [2.05, 4.69) is 10.3 Å². The third kappa shape index (κ3) is 4.57. The van der Waals surface area contributed by atoms with Crippen LogP contribution in [0.25, 0.3) is 0 Å². The number of fused-ring (bicyclic) bond motifs is 1. The quantitative estimate of drug-likeness (QED) is 0.491. The van der Waals surface area contributed by atoms with Crippen LogP contribution in [-0.4, -0.2) is 43.1 Å². The number of amides is 1. The van der Waals surface area contributed by atoms with Crippen molar-refractivity contribution in [2.45, 2.75) is 33.0 Å². The average molecular weight is 304 g/mol. The summed E-state index contributed by atoms with van der Waals surface area (Å²) in [6, 6.07) is 5.70. The molecule has 0 bridgehead atoms. The van der Waals surface area contributed by atoms with Gasteiger partial charge in [0.25, 0.3) is 0 Å². The van der Waals surface area contributed by atoms with Gasteiger partial charge in [-0.25, -0.2) is 4.79 Å². The average Bonchev–Trinajstić information content (AvgIpc) is 2.79. The van der Waals surface area contributed by atoms with Gasteiger partial charge in [0.1, 0.15) is 5.60 Å². The summed E-state index contributed by atoms with van der Waals surface area (Å²) in [6.45, 7) is 6.67. The highest BCUT2D eigenvalue weighted by Gasteiger charge is 2.29. The lowest BCUT2D eigenvalue weighted by Crippen LogP contribution is -2.34. The first-order valence-electron chi connectivity index (χ1n) is 7.25. The number of hydrogen-bond donors (Lipinski definition) is 2. The van der Waals surface area contributed by atoms with Gasteiger partial charge in [-0.1, -0.05) is 18.2 Å².